The third-order valence-electron chi connectivity index (χ3n) is 2.91. The fourth-order valence-corrected chi connectivity index (χ4v) is 2.09. The maximum absolute atomic E-state index is 11.9. The second kappa shape index (κ2) is 5.86. The van der Waals surface area contributed by atoms with E-state index < -0.39 is 5.56 Å². The number of H-pyrrole nitrogens is 1. The van der Waals surface area contributed by atoms with E-state index in [1.54, 1.807) is 0 Å². The Morgan fingerprint density at radius 2 is 2.17 bits per heavy atom. The molecule has 1 aromatic rings. The smallest absolute Gasteiger partial charge is 0.271 e. The molecule has 0 atom stereocenters. The molecular formula is C11H15ClN4O2. The van der Waals surface area contributed by atoms with Gasteiger partial charge in [-0.2, -0.15) is 0 Å². The zero-order valence-corrected chi connectivity index (χ0v) is 10.7. The molecule has 2 N–H and O–H groups in total. The lowest BCUT2D eigenvalue weighted by Crippen LogP contribution is -2.39. The van der Waals surface area contributed by atoms with E-state index in [4.69, 9.17) is 11.6 Å². The van der Waals surface area contributed by atoms with Crippen molar-refractivity contribution in [2.75, 3.05) is 25.0 Å². The maximum Gasteiger partial charge on any atom is 0.271 e. The normalized spacial score (nSPS) is 15.5. The van der Waals surface area contributed by atoms with E-state index in [2.05, 4.69) is 15.3 Å². The Kier molecular flexibility index (Phi) is 4.19. The van der Waals surface area contributed by atoms with Crippen molar-refractivity contribution in [3.05, 3.63) is 21.7 Å². The summed E-state index contributed by atoms with van der Waals surface area (Å²) in [6.45, 7) is 1.71. The average molecular weight is 271 g/mol. The molecule has 2 rings (SSSR count). The predicted molar refractivity (Wildman–Crippen MR) is 68.8 cm³/mol. The van der Waals surface area contributed by atoms with Gasteiger partial charge in [0.2, 0.25) is 5.91 Å². The molecule has 0 spiro atoms. The van der Waals surface area contributed by atoms with Gasteiger partial charge in [-0.15, -0.1) is 0 Å². The summed E-state index contributed by atoms with van der Waals surface area (Å²) in [4.78, 5) is 31.2. The van der Waals surface area contributed by atoms with Crippen molar-refractivity contribution in [3.63, 3.8) is 0 Å². The summed E-state index contributed by atoms with van der Waals surface area (Å²) in [6.07, 6.45) is 4.53. The number of piperidine rings is 1. The van der Waals surface area contributed by atoms with Gasteiger partial charge in [0.05, 0.1) is 12.9 Å². The van der Waals surface area contributed by atoms with E-state index in [9.17, 15) is 9.59 Å². The highest BCUT2D eigenvalue weighted by Gasteiger charge is 2.16. The first-order valence-electron chi connectivity index (χ1n) is 5.93. The Balaban J connectivity index is 1.92. The standard InChI is InChI=1S/C11H15ClN4O2/c12-9-10(14-7-15-11(9)18)13-6-8(17)16-4-2-1-3-5-16/h7H,1-6H2,(H2,13,14,15,18). The van der Waals surface area contributed by atoms with Crippen LogP contribution < -0.4 is 10.9 Å². The van der Waals surface area contributed by atoms with E-state index in [0.29, 0.717) is 0 Å². The van der Waals surface area contributed by atoms with Crippen LogP contribution in [-0.4, -0.2) is 40.4 Å². The first kappa shape index (κ1) is 12.9. The number of aromatic amines is 1. The van der Waals surface area contributed by atoms with Gasteiger partial charge in [-0.1, -0.05) is 11.6 Å². The number of hydrogen-bond donors (Lipinski definition) is 2. The minimum absolute atomic E-state index is 0.00727. The quantitative estimate of drug-likeness (QED) is 0.853. The van der Waals surface area contributed by atoms with Gasteiger partial charge in [0.1, 0.15) is 5.02 Å². The molecule has 0 unspecified atom stereocenters. The summed E-state index contributed by atoms with van der Waals surface area (Å²) in [7, 11) is 0. The lowest BCUT2D eigenvalue weighted by atomic mass is 10.1. The van der Waals surface area contributed by atoms with Gasteiger partial charge < -0.3 is 15.2 Å². The van der Waals surface area contributed by atoms with Crippen molar-refractivity contribution < 1.29 is 4.79 Å². The molecule has 0 aliphatic carbocycles. The topological polar surface area (TPSA) is 78.1 Å². The third kappa shape index (κ3) is 3.01. The van der Waals surface area contributed by atoms with Crippen LogP contribution in [0.4, 0.5) is 5.82 Å². The van der Waals surface area contributed by atoms with Gasteiger partial charge in [0.15, 0.2) is 5.82 Å². The highest BCUT2D eigenvalue weighted by Crippen LogP contribution is 2.12. The van der Waals surface area contributed by atoms with Gasteiger partial charge >= 0.3 is 0 Å². The third-order valence-corrected chi connectivity index (χ3v) is 3.26. The Hall–Kier alpha value is -1.56. The van der Waals surface area contributed by atoms with Crippen LogP contribution in [0.3, 0.4) is 0 Å². The molecular weight excluding hydrogens is 256 g/mol. The lowest BCUT2D eigenvalue weighted by molar-refractivity contribution is -0.130. The summed E-state index contributed by atoms with van der Waals surface area (Å²) in [5.74, 6) is 0.249. The molecule has 1 aromatic heterocycles. The number of nitrogens with one attached hydrogen (secondary N) is 2. The van der Waals surface area contributed by atoms with E-state index >= 15 is 0 Å². The average Bonchev–Trinajstić information content (AvgIpc) is 2.41. The maximum atomic E-state index is 11.9. The van der Waals surface area contributed by atoms with Crippen LogP contribution in [0.15, 0.2) is 11.1 Å². The van der Waals surface area contributed by atoms with Crippen molar-refractivity contribution in [1.29, 1.82) is 0 Å². The van der Waals surface area contributed by atoms with E-state index in [1.165, 1.54) is 12.7 Å². The van der Waals surface area contributed by atoms with E-state index in [-0.39, 0.29) is 23.3 Å². The summed E-state index contributed by atoms with van der Waals surface area (Å²) < 4.78 is 0. The SMILES string of the molecule is O=C(CNc1nc[nH]c(=O)c1Cl)N1CCCCC1. The zero-order valence-electron chi connectivity index (χ0n) is 9.91. The highest BCUT2D eigenvalue weighted by molar-refractivity contribution is 6.32. The molecule has 18 heavy (non-hydrogen) atoms. The minimum atomic E-state index is -0.417. The zero-order chi connectivity index (χ0) is 13.0. The van der Waals surface area contributed by atoms with Gasteiger partial charge in [0, 0.05) is 13.1 Å². The Labute approximate surface area is 109 Å². The van der Waals surface area contributed by atoms with Crippen LogP contribution in [0.25, 0.3) is 0 Å². The van der Waals surface area contributed by atoms with Gasteiger partial charge in [0.25, 0.3) is 5.56 Å². The summed E-state index contributed by atoms with van der Waals surface area (Å²) in [5, 5.41) is 2.77. The lowest BCUT2D eigenvalue weighted by Gasteiger charge is -2.26. The summed E-state index contributed by atoms with van der Waals surface area (Å²) in [6, 6.07) is 0. The number of hydrogen-bond acceptors (Lipinski definition) is 4. The molecule has 98 valence electrons. The molecule has 0 radical (unpaired) electrons. The molecule has 1 saturated heterocycles. The summed E-state index contributed by atoms with van der Waals surface area (Å²) in [5.41, 5.74) is -0.417. The molecule has 7 heteroatoms. The number of likely N-dealkylation sites (tertiary alicyclic amines) is 1. The second-order valence-corrected chi connectivity index (χ2v) is 4.57. The first-order valence-corrected chi connectivity index (χ1v) is 6.31. The number of rotatable bonds is 3. The van der Waals surface area contributed by atoms with Crippen molar-refractivity contribution in [2.45, 2.75) is 19.3 Å². The first-order chi connectivity index (χ1) is 8.68. The van der Waals surface area contributed by atoms with Crippen LogP contribution in [0.2, 0.25) is 5.02 Å². The number of anilines is 1. The Morgan fingerprint density at radius 3 is 2.89 bits per heavy atom. The molecule has 1 aliphatic heterocycles. The van der Waals surface area contributed by atoms with Crippen LogP contribution >= 0.6 is 11.6 Å². The number of carbonyl (C=O) groups is 1. The van der Waals surface area contributed by atoms with Crippen LogP contribution in [0.1, 0.15) is 19.3 Å². The molecule has 0 aromatic carbocycles. The molecule has 1 aliphatic rings. The second-order valence-electron chi connectivity index (χ2n) is 4.19. The van der Waals surface area contributed by atoms with Crippen molar-refractivity contribution in [1.82, 2.24) is 14.9 Å². The Bertz CT molecular complexity index is 482. The molecule has 1 fully saturated rings. The van der Waals surface area contributed by atoms with Crippen molar-refractivity contribution >= 4 is 23.3 Å². The van der Waals surface area contributed by atoms with Crippen LogP contribution in [0, 0.1) is 0 Å². The van der Waals surface area contributed by atoms with E-state index in [0.717, 1.165) is 25.9 Å². The van der Waals surface area contributed by atoms with Gasteiger partial charge in [-0.3, -0.25) is 9.59 Å². The molecule has 1 amide bonds. The molecule has 0 saturated carbocycles. The van der Waals surface area contributed by atoms with Crippen LogP contribution in [-0.2, 0) is 4.79 Å². The number of nitrogens with zero attached hydrogens (tertiary/aromatic N) is 2. The number of halogens is 1. The number of carbonyl (C=O) groups excluding carboxylic acids is 1. The highest BCUT2D eigenvalue weighted by atomic mass is 35.5. The minimum Gasteiger partial charge on any atom is -0.360 e. The monoisotopic (exact) mass is 270 g/mol. The van der Waals surface area contributed by atoms with E-state index in [1.807, 2.05) is 4.90 Å². The largest absolute Gasteiger partial charge is 0.360 e. The molecule has 2 heterocycles. The summed E-state index contributed by atoms with van der Waals surface area (Å²) >= 11 is 5.77. The molecule has 0 bridgehead atoms. The van der Waals surface area contributed by atoms with Crippen molar-refractivity contribution in [3.8, 4) is 0 Å². The predicted octanol–water partition coefficient (Wildman–Crippen LogP) is 0.848. The van der Waals surface area contributed by atoms with Gasteiger partial charge in [-0.25, -0.2) is 4.98 Å². The Morgan fingerprint density at radius 1 is 1.44 bits per heavy atom. The number of amides is 1. The van der Waals surface area contributed by atoms with Gasteiger partial charge in [-0.05, 0) is 19.3 Å². The molecule has 6 nitrogen and oxygen atoms in total. The van der Waals surface area contributed by atoms with Crippen molar-refractivity contribution in [2.24, 2.45) is 0 Å². The number of aromatic nitrogens is 2. The fourth-order valence-electron chi connectivity index (χ4n) is 1.92. The fraction of sp³-hybridized carbons (Fsp3) is 0.545. The van der Waals surface area contributed by atoms with Crippen LogP contribution in [0.5, 0.6) is 0 Å².